The normalized spacial score (nSPS) is 11.2. The van der Waals surface area contributed by atoms with Crippen molar-refractivity contribution < 1.29 is 14.2 Å². The molecule has 2 aromatic rings. The van der Waals surface area contributed by atoms with Crippen molar-refractivity contribution in [3.63, 3.8) is 0 Å². The zero-order valence-corrected chi connectivity index (χ0v) is 13.8. The fourth-order valence-corrected chi connectivity index (χ4v) is 2.19. The highest BCUT2D eigenvalue weighted by Gasteiger charge is 2.05. The van der Waals surface area contributed by atoms with E-state index in [9.17, 15) is 9.50 Å². The Morgan fingerprint density at radius 3 is 2.62 bits per heavy atom. The number of phenols is 1. The Morgan fingerprint density at radius 1 is 1.17 bits per heavy atom. The molecule has 0 heterocycles. The molecule has 0 spiro atoms. The van der Waals surface area contributed by atoms with Crippen LogP contribution in [0, 0.1) is 5.82 Å². The van der Waals surface area contributed by atoms with Crippen LogP contribution in [0.3, 0.4) is 0 Å². The fraction of sp³-hybridized carbons (Fsp3) is 0.278. The summed E-state index contributed by atoms with van der Waals surface area (Å²) in [7, 11) is 1.67. The maximum Gasteiger partial charge on any atom is 0.191 e. The van der Waals surface area contributed by atoms with Gasteiger partial charge in [-0.1, -0.05) is 24.3 Å². The lowest BCUT2D eigenvalue weighted by Gasteiger charge is -2.14. The van der Waals surface area contributed by atoms with Crippen molar-refractivity contribution >= 4 is 5.96 Å². The van der Waals surface area contributed by atoms with E-state index >= 15 is 0 Å². The lowest BCUT2D eigenvalue weighted by atomic mass is 10.2. The first-order valence-corrected chi connectivity index (χ1v) is 7.76. The quantitative estimate of drug-likeness (QED) is 0.562. The third-order valence-electron chi connectivity index (χ3n) is 3.41. The van der Waals surface area contributed by atoms with Crippen LogP contribution < -0.4 is 15.4 Å². The predicted octanol–water partition coefficient (Wildman–Crippen LogP) is 2.80. The number of ether oxygens (including phenoxy) is 1. The van der Waals surface area contributed by atoms with E-state index in [0.717, 1.165) is 11.3 Å². The Balaban J connectivity index is 1.92. The summed E-state index contributed by atoms with van der Waals surface area (Å²) in [4.78, 5) is 4.14. The van der Waals surface area contributed by atoms with Crippen LogP contribution in [0.25, 0.3) is 0 Å². The number of aromatic hydroxyl groups is 1. The average Bonchev–Trinajstić information content (AvgIpc) is 2.59. The molecule has 0 aliphatic carbocycles. The van der Waals surface area contributed by atoms with Crippen LogP contribution in [0.2, 0.25) is 0 Å². The summed E-state index contributed by atoms with van der Waals surface area (Å²) < 4.78 is 18.9. The third-order valence-corrected chi connectivity index (χ3v) is 3.41. The number of benzene rings is 2. The van der Waals surface area contributed by atoms with Crippen molar-refractivity contribution in [2.45, 2.75) is 20.0 Å². The molecular weight excluding hydrogens is 309 g/mol. The van der Waals surface area contributed by atoms with E-state index in [0.29, 0.717) is 31.2 Å². The SMILES string of the molecule is CCOc1ccccc1CNC(=NC)NCc1ccc(O)c(F)c1. The highest BCUT2D eigenvalue weighted by atomic mass is 19.1. The summed E-state index contributed by atoms with van der Waals surface area (Å²) in [5.41, 5.74) is 1.74. The second-order valence-corrected chi connectivity index (χ2v) is 5.11. The highest BCUT2D eigenvalue weighted by molar-refractivity contribution is 5.79. The van der Waals surface area contributed by atoms with Gasteiger partial charge >= 0.3 is 0 Å². The summed E-state index contributed by atoms with van der Waals surface area (Å²) in [6.07, 6.45) is 0. The van der Waals surface area contributed by atoms with Gasteiger partial charge in [0.1, 0.15) is 5.75 Å². The van der Waals surface area contributed by atoms with Gasteiger partial charge in [-0.2, -0.15) is 0 Å². The maximum absolute atomic E-state index is 13.3. The van der Waals surface area contributed by atoms with Gasteiger partial charge in [-0.25, -0.2) is 4.39 Å². The lowest BCUT2D eigenvalue weighted by Crippen LogP contribution is -2.36. The van der Waals surface area contributed by atoms with Gasteiger partial charge in [0, 0.05) is 25.7 Å². The summed E-state index contributed by atoms with van der Waals surface area (Å²) in [6, 6.07) is 12.1. The summed E-state index contributed by atoms with van der Waals surface area (Å²) in [5.74, 6) is 0.440. The Labute approximate surface area is 141 Å². The van der Waals surface area contributed by atoms with Gasteiger partial charge in [0.15, 0.2) is 17.5 Å². The molecule has 0 saturated carbocycles. The van der Waals surface area contributed by atoms with Crippen LogP contribution in [-0.2, 0) is 13.1 Å². The van der Waals surface area contributed by atoms with Crippen LogP contribution >= 0.6 is 0 Å². The molecule has 0 unspecified atom stereocenters. The second kappa shape index (κ2) is 8.76. The van der Waals surface area contributed by atoms with Crippen molar-refractivity contribution in [2.75, 3.05) is 13.7 Å². The summed E-state index contributed by atoms with van der Waals surface area (Å²) in [6.45, 7) is 3.50. The van der Waals surface area contributed by atoms with Crippen LogP contribution in [0.4, 0.5) is 4.39 Å². The van der Waals surface area contributed by atoms with Crippen LogP contribution in [-0.4, -0.2) is 24.7 Å². The molecule has 0 bridgehead atoms. The topological polar surface area (TPSA) is 65.9 Å². The first-order chi connectivity index (χ1) is 11.6. The molecule has 0 radical (unpaired) electrons. The summed E-state index contributed by atoms with van der Waals surface area (Å²) >= 11 is 0. The van der Waals surface area contributed by atoms with Gasteiger partial charge in [-0.3, -0.25) is 4.99 Å². The molecule has 2 rings (SSSR count). The largest absolute Gasteiger partial charge is 0.505 e. The number of hydrogen-bond donors (Lipinski definition) is 3. The molecule has 0 atom stereocenters. The van der Waals surface area contributed by atoms with Crippen molar-refractivity contribution in [3.8, 4) is 11.5 Å². The van der Waals surface area contributed by atoms with Gasteiger partial charge in [-0.15, -0.1) is 0 Å². The zero-order valence-electron chi connectivity index (χ0n) is 13.8. The predicted molar refractivity (Wildman–Crippen MR) is 92.7 cm³/mol. The minimum absolute atomic E-state index is 0.353. The van der Waals surface area contributed by atoms with Crippen molar-refractivity contribution in [2.24, 2.45) is 4.99 Å². The number of phenolic OH excluding ortho intramolecular Hbond substituents is 1. The zero-order chi connectivity index (χ0) is 17.4. The molecule has 6 heteroatoms. The number of guanidine groups is 1. The van der Waals surface area contributed by atoms with E-state index in [1.807, 2.05) is 31.2 Å². The number of aliphatic imine (C=N–C) groups is 1. The maximum atomic E-state index is 13.3. The molecule has 2 aromatic carbocycles. The molecule has 0 saturated heterocycles. The first-order valence-electron chi connectivity index (χ1n) is 7.76. The Bertz CT molecular complexity index is 704. The standard InChI is InChI=1S/C18H22FN3O2/c1-3-24-17-7-5-4-6-14(17)12-22-18(20-2)21-11-13-8-9-16(23)15(19)10-13/h4-10,23H,3,11-12H2,1-2H3,(H2,20,21,22). The van der Waals surface area contributed by atoms with Crippen molar-refractivity contribution in [1.29, 1.82) is 0 Å². The second-order valence-electron chi connectivity index (χ2n) is 5.11. The van der Waals surface area contributed by atoms with E-state index in [1.165, 1.54) is 12.1 Å². The Kier molecular flexibility index (Phi) is 6.42. The van der Waals surface area contributed by atoms with Crippen LogP contribution in [0.1, 0.15) is 18.1 Å². The molecule has 24 heavy (non-hydrogen) atoms. The minimum atomic E-state index is -0.636. The van der Waals surface area contributed by atoms with Crippen molar-refractivity contribution in [3.05, 3.63) is 59.4 Å². The molecule has 3 N–H and O–H groups in total. The summed E-state index contributed by atoms with van der Waals surface area (Å²) in [5, 5.41) is 15.5. The smallest absolute Gasteiger partial charge is 0.191 e. The number of nitrogens with one attached hydrogen (secondary N) is 2. The first kappa shape index (κ1) is 17.6. The van der Waals surface area contributed by atoms with Crippen molar-refractivity contribution in [1.82, 2.24) is 10.6 Å². The van der Waals surface area contributed by atoms with E-state index in [2.05, 4.69) is 15.6 Å². The van der Waals surface area contributed by atoms with Gasteiger partial charge < -0.3 is 20.5 Å². The van der Waals surface area contributed by atoms with E-state index < -0.39 is 5.82 Å². The lowest BCUT2D eigenvalue weighted by molar-refractivity contribution is 0.336. The Hall–Kier alpha value is -2.76. The van der Waals surface area contributed by atoms with E-state index in [4.69, 9.17) is 4.74 Å². The number of para-hydroxylation sites is 1. The number of rotatable bonds is 6. The van der Waals surface area contributed by atoms with Gasteiger partial charge in [-0.05, 0) is 30.7 Å². The number of hydrogen-bond acceptors (Lipinski definition) is 3. The molecular formula is C18H22FN3O2. The highest BCUT2D eigenvalue weighted by Crippen LogP contribution is 2.18. The molecule has 0 amide bonds. The molecule has 0 fully saturated rings. The molecule has 128 valence electrons. The Morgan fingerprint density at radius 2 is 1.92 bits per heavy atom. The molecule has 5 nitrogen and oxygen atoms in total. The van der Waals surface area contributed by atoms with Gasteiger partial charge in [0.05, 0.1) is 6.61 Å². The van der Waals surface area contributed by atoms with Gasteiger partial charge in [0.25, 0.3) is 0 Å². The fourth-order valence-electron chi connectivity index (χ4n) is 2.19. The molecule has 0 aliphatic heterocycles. The van der Waals surface area contributed by atoms with Crippen LogP contribution in [0.5, 0.6) is 11.5 Å². The molecule has 0 aliphatic rings. The monoisotopic (exact) mass is 331 g/mol. The average molecular weight is 331 g/mol. The number of halogens is 1. The number of nitrogens with zero attached hydrogens (tertiary/aromatic N) is 1. The van der Waals surface area contributed by atoms with E-state index in [1.54, 1.807) is 13.1 Å². The van der Waals surface area contributed by atoms with Gasteiger partial charge in [0.2, 0.25) is 0 Å². The van der Waals surface area contributed by atoms with Crippen LogP contribution in [0.15, 0.2) is 47.5 Å². The minimum Gasteiger partial charge on any atom is -0.505 e. The van der Waals surface area contributed by atoms with E-state index in [-0.39, 0.29) is 5.75 Å². The molecule has 0 aromatic heterocycles. The third kappa shape index (κ3) is 4.87.